The van der Waals surface area contributed by atoms with Crippen molar-refractivity contribution in [1.29, 1.82) is 0 Å². The molecule has 0 fully saturated rings. The lowest BCUT2D eigenvalue weighted by atomic mass is 10.2. The van der Waals surface area contributed by atoms with Crippen molar-refractivity contribution in [2.24, 2.45) is 5.73 Å². The molecule has 0 aliphatic heterocycles. The molecule has 0 aromatic carbocycles. The summed E-state index contributed by atoms with van der Waals surface area (Å²) < 4.78 is 10.3. The first-order chi connectivity index (χ1) is 5.84. The molecule has 3 nitrogen and oxygen atoms in total. The minimum Gasteiger partial charge on any atom is -0.468 e. The Hall–Kier alpha value is -0.800. The van der Waals surface area contributed by atoms with Crippen LogP contribution in [0.25, 0.3) is 0 Å². The Kier molecular flexibility index (Phi) is 3.84. The zero-order valence-corrected chi connectivity index (χ0v) is 7.32. The van der Waals surface area contributed by atoms with E-state index < -0.39 is 0 Å². The minimum atomic E-state index is -0.0356. The molecule has 3 heteroatoms. The maximum atomic E-state index is 5.81. The Balaban J connectivity index is 2.25. The molecule has 12 heavy (non-hydrogen) atoms. The van der Waals surface area contributed by atoms with Crippen molar-refractivity contribution in [2.75, 3.05) is 13.2 Å². The summed E-state index contributed by atoms with van der Waals surface area (Å²) in [6, 6.07) is 3.69. The molecule has 1 aromatic heterocycles. The van der Waals surface area contributed by atoms with Crippen LogP contribution in [0.5, 0.6) is 0 Å². The highest BCUT2D eigenvalue weighted by Gasteiger charge is 2.07. The van der Waals surface area contributed by atoms with Crippen LogP contribution >= 0.6 is 0 Å². The molecule has 1 unspecified atom stereocenters. The quantitative estimate of drug-likeness (QED) is 0.682. The fraction of sp³-hybridized carbons (Fsp3) is 0.556. The fourth-order valence-corrected chi connectivity index (χ4v) is 0.999. The van der Waals surface area contributed by atoms with Gasteiger partial charge in [0.2, 0.25) is 0 Å². The van der Waals surface area contributed by atoms with E-state index in [-0.39, 0.29) is 6.04 Å². The molecule has 1 rings (SSSR count). The normalized spacial score (nSPS) is 13.2. The summed E-state index contributed by atoms with van der Waals surface area (Å²) >= 11 is 0. The molecule has 0 saturated heterocycles. The number of hydrogen-bond acceptors (Lipinski definition) is 3. The number of ether oxygens (including phenoxy) is 1. The third kappa shape index (κ3) is 2.68. The maximum Gasteiger partial charge on any atom is 0.120 e. The largest absolute Gasteiger partial charge is 0.468 e. The summed E-state index contributed by atoms with van der Waals surface area (Å²) in [6.45, 7) is 3.40. The first-order valence-electron chi connectivity index (χ1n) is 4.21. The van der Waals surface area contributed by atoms with Crippen LogP contribution < -0.4 is 5.73 Å². The van der Waals surface area contributed by atoms with E-state index in [4.69, 9.17) is 14.9 Å². The molecule has 0 radical (unpaired) electrons. The predicted octanol–water partition coefficient (Wildman–Crippen LogP) is 1.71. The van der Waals surface area contributed by atoms with Crippen LogP contribution in [0.15, 0.2) is 22.8 Å². The van der Waals surface area contributed by atoms with Crippen molar-refractivity contribution in [3.63, 3.8) is 0 Å². The second-order valence-electron chi connectivity index (χ2n) is 2.61. The molecule has 0 saturated carbocycles. The maximum absolute atomic E-state index is 5.81. The highest BCUT2D eigenvalue weighted by atomic mass is 16.5. The summed E-state index contributed by atoms with van der Waals surface area (Å²) in [4.78, 5) is 0. The first kappa shape index (κ1) is 9.29. The van der Waals surface area contributed by atoms with E-state index in [0.29, 0.717) is 6.61 Å². The molecule has 0 amide bonds. The van der Waals surface area contributed by atoms with Crippen LogP contribution in [0.3, 0.4) is 0 Å². The van der Waals surface area contributed by atoms with Gasteiger partial charge < -0.3 is 14.9 Å². The van der Waals surface area contributed by atoms with E-state index in [1.165, 1.54) is 0 Å². The molecule has 1 heterocycles. The lowest BCUT2D eigenvalue weighted by Gasteiger charge is -2.07. The van der Waals surface area contributed by atoms with E-state index in [0.717, 1.165) is 18.8 Å². The van der Waals surface area contributed by atoms with Crippen LogP contribution in [-0.4, -0.2) is 13.2 Å². The molecule has 68 valence electrons. The Morgan fingerprint density at radius 1 is 1.67 bits per heavy atom. The summed E-state index contributed by atoms with van der Waals surface area (Å²) in [6.07, 6.45) is 2.44. The Labute approximate surface area is 72.5 Å². The van der Waals surface area contributed by atoms with Crippen LogP contribution in [0, 0.1) is 0 Å². The van der Waals surface area contributed by atoms with Crippen molar-refractivity contribution in [1.82, 2.24) is 0 Å². The van der Waals surface area contributed by atoms with Gasteiger partial charge in [0.05, 0.1) is 12.3 Å². The third-order valence-electron chi connectivity index (χ3n) is 1.69. The first-order valence-corrected chi connectivity index (χ1v) is 4.21. The van der Waals surface area contributed by atoms with Gasteiger partial charge in [-0.25, -0.2) is 0 Å². The number of hydrogen-bond donors (Lipinski definition) is 1. The van der Waals surface area contributed by atoms with E-state index in [9.17, 15) is 0 Å². The van der Waals surface area contributed by atoms with Crippen LogP contribution in [0.1, 0.15) is 25.1 Å². The van der Waals surface area contributed by atoms with Crippen molar-refractivity contribution >= 4 is 0 Å². The van der Waals surface area contributed by atoms with E-state index in [1.54, 1.807) is 6.26 Å². The molecule has 2 N–H and O–H groups in total. The van der Waals surface area contributed by atoms with E-state index >= 15 is 0 Å². The standard InChI is InChI=1S/C9H15NO2/c1-2-11-7-5-8(10)9-4-3-6-12-9/h3-4,6,8H,2,5,7,10H2,1H3. The van der Waals surface area contributed by atoms with Gasteiger partial charge in [-0.15, -0.1) is 0 Å². The van der Waals surface area contributed by atoms with E-state index in [1.807, 2.05) is 19.1 Å². The zero-order valence-electron chi connectivity index (χ0n) is 7.32. The Morgan fingerprint density at radius 3 is 3.08 bits per heavy atom. The molecule has 0 spiro atoms. The van der Waals surface area contributed by atoms with Gasteiger partial charge in [-0.3, -0.25) is 0 Å². The average molecular weight is 169 g/mol. The summed E-state index contributed by atoms with van der Waals surface area (Å²) in [7, 11) is 0. The molecule has 0 aliphatic carbocycles. The van der Waals surface area contributed by atoms with Crippen LogP contribution in [0.2, 0.25) is 0 Å². The average Bonchev–Trinajstić information content (AvgIpc) is 2.56. The topological polar surface area (TPSA) is 48.4 Å². The summed E-state index contributed by atoms with van der Waals surface area (Å²) in [5, 5.41) is 0. The van der Waals surface area contributed by atoms with Gasteiger partial charge in [-0.1, -0.05) is 0 Å². The Bertz CT molecular complexity index is 196. The van der Waals surface area contributed by atoms with Gasteiger partial charge in [0, 0.05) is 13.2 Å². The monoisotopic (exact) mass is 169 g/mol. The molecule has 0 aliphatic rings. The molecular formula is C9H15NO2. The molecule has 1 aromatic rings. The van der Waals surface area contributed by atoms with Gasteiger partial charge in [0.1, 0.15) is 5.76 Å². The van der Waals surface area contributed by atoms with Gasteiger partial charge in [-0.05, 0) is 25.5 Å². The molecule has 1 atom stereocenters. The van der Waals surface area contributed by atoms with Crippen molar-refractivity contribution < 1.29 is 9.15 Å². The van der Waals surface area contributed by atoms with Gasteiger partial charge in [0.15, 0.2) is 0 Å². The smallest absolute Gasteiger partial charge is 0.120 e. The predicted molar refractivity (Wildman–Crippen MR) is 46.7 cm³/mol. The lowest BCUT2D eigenvalue weighted by Crippen LogP contribution is -2.12. The second-order valence-corrected chi connectivity index (χ2v) is 2.61. The zero-order chi connectivity index (χ0) is 8.81. The molecular weight excluding hydrogens is 154 g/mol. The fourth-order valence-electron chi connectivity index (χ4n) is 0.999. The van der Waals surface area contributed by atoms with Gasteiger partial charge >= 0.3 is 0 Å². The minimum absolute atomic E-state index is 0.0356. The third-order valence-corrected chi connectivity index (χ3v) is 1.69. The number of furan rings is 1. The van der Waals surface area contributed by atoms with Crippen LogP contribution in [-0.2, 0) is 4.74 Å². The van der Waals surface area contributed by atoms with Crippen LogP contribution in [0.4, 0.5) is 0 Å². The highest BCUT2D eigenvalue weighted by molar-refractivity contribution is 5.02. The number of nitrogens with two attached hydrogens (primary N) is 1. The second kappa shape index (κ2) is 4.95. The van der Waals surface area contributed by atoms with E-state index in [2.05, 4.69) is 0 Å². The molecule has 0 bridgehead atoms. The summed E-state index contributed by atoms with van der Waals surface area (Å²) in [5.74, 6) is 0.828. The van der Waals surface area contributed by atoms with Crippen molar-refractivity contribution in [2.45, 2.75) is 19.4 Å². The van der Waals surface area contributed by atoms with Gasteiger partial charge in [0.25, 0.3) is 0 Å². The van der Waals surface area contributed by atoms with Gasteiger partial charge in [-0.2, -0.15) is 0 Å². The SMILES string of the molecule is CCOCCC(N)c1ccco1. The summed E-state index contributed by atoms with van der Waals surface area (Å²) in [5.41, 5.74) is 5.81. The highest BCUT2D eigenvalue weighted by Crippen LogP contribution is 2.13. The van der Waals surface area contributed by atoms with Crippen molar-refractivity contribution in [3.8, 4) is 0 Å². The lowest BCUT2D eigenvalue weighted by molar-refractivity contribution is 0.138. The number of rotatable bonds is 5. The Morgan fingerprint density at radius 2 is 2.50 bits per heavy atom. The van der Waals surface area contributed by atoms with Crippen molar-refractivity contribution in [3.05, 3.63) is 24.2 Å².